The molecule has 4 heteroatoms. The van der Waals surface area contributed by atoms with Gasteiger partial charge in [-0.15, -0.1) is 0 Å². The molecule has 0 fully saturated rings. The lowest BCUT2D eigenvalue weighted by molar-refractivity contribution is -0.119. The van der Waals surface area contributed by atoms with Crippen molar-refractivity contribution in [3.8, 4) is 5.75 Å². The third-order valence-corrected chi connectivity index (χ3v) is 2.99. The largest absolute Gasteiger partial charge is 0.495 e. The molecule has 0 aliphatic heterocycles. The molecule has 106 valence electrons. The van der Waals surface area contributed by atoms with E-state index < -0.39 is 5.54 Å². The molecule has 4 nitrogen and oxygen atoms in total. The fourth-order valence-corrected chi connectivity index (χ4v) is 1.86. The topological polar surface area (TPSA) is 55.6 Å². The van der Waals surface area contributed by atoms with Crippen LogP contribution in [0.5, 0.6) is 5.75 Å². The van der Waals surface area contributed by atoms with Crippen molar-refractivity contribution in [3.05, 3.63) is 23.8 Å². The van der Waals surface area contributed by atoms with E-state index in [1.165, 1.54) is 5.56 Å². The Morgan fingerprint density at radius 2 is 2.05 bits per heavy atom. The predicted octanol–water partition coefficient (Wildman–Crippen LogP) is 2.35. The van der Waals surface area contributed by atoms with Gasteiger partial charge in [-0.2, -0.15) is 0 Å². The number of ether oxygens (including phenoxy) is 1. The summed E-state index contributed by atoms with van der Waals surface area (Å²) < 4.78 is 5.32. The zero-order valence-corrected chi connectivity index (χ0v) is 12.5. The highest BCUT2D eigenvalue weighted by molar-refractivity contribution is 5.95. The van der Waals surface area contributed by atoms with Crippen molar-refractivity contribution >= 4 is 11.6 Å². The van der Waals surface area contributed by atoms with Crippen LogP contribution in [0.4, 0.5) is 5.69 Å². The van der Waals surface area contributed by atoms with E-state index >= 15 is 0 Å². The molecule has 0 aliphatic rings. The quantitative estimate of drug-likeness (QED) is 0.888. The summed E-state index contributed by atoms with van der Waals surface area (Å²) >= 11 is 0. The summed E-state index contributed by atoms with van der Waals surface area (Å²) in [4.78, 5) is 13.8. The van der Waals surface area contributed by atoms with Crippen LogP contribution in [0.25, 0.3) is 0 Å². The normalized spacial score (nSPS) is 11.3. The molecule has 0 spiro atoms. The second kappa shape index (κ2) is 6.06. The van der Waals surface area contributed by atoms with Crippen molar-refractivity contribution in [2.24, 2.45) is 5.73 Å². The molecule has 0 aliphatic carbocycles. The molecule has 2 N–H and O–H groups in total. The zero-order valence-electron chi connectivity index (χ0n) is 12.5. The van der Waals surface area contributed by atoms with E-state index in [0.717, 1.165) is 12.1 Å². The molecule has 1 aromatic rings. The maximum Gasteiger partial charge on any atom is 0.228 e. The van der Waals surface area contributed by atoms with Crippen molar-refractivity contribution in [1.82, 2.24) is 0 Å². The van der Waals surface area contributed by atoms with Gasteiger partial charge in [0, 0.05) is 19.0 Å². The molecular formula is C15H24N2O2. The molecule has 0 radical (unpaired) electrons. The number of hydrogen-bond acceptors (Lipinski definition) is 3. The minimum absolute atomic E-state index is 0.0148. The molecule has 0 aromatic heterocycles. The Bertz CT molecular complexity index is 450. The predicted molar refractivity (Wildman–Crippen MR) is 78.7 cm³/mol. The van der Waals surface area contributed by atoms with Crippen LogP contribution >= 0.6 is 0 Å². The van der Waals surface area contributed by atoms with Crippen LogP contribution < -0.4 is 15.4 Å². The van der Waals surface area contributed by atoms with Crippen LogP contribution in [-0.2, 0) is 11.2 Å². The van der Waals surface area contributed by atoms with Crippen LogP contribution in [0.3, 0.4) is 0 Å². The van der Waals surface area contributed by atoms with Crippen LogP contribution in [0, 0.1) is 0 Å². The summed E-state index contributed by atoms with van der Waals surface area (Å²) in [6.07, 6.45) is 1.21. The molecule has 0 unspecified atom stereocenters. The van der Waals surface area contributed by atoms with E-state index in [-0.39, 0.29) is 5.91 Å². The Balaban J connectivity index is 3.03. The van der Waals surface area contributed by atoms with Crippen molar-refractivity contribution < 1.29 is 9.53 Å². The highest BCUT2D eigenvalue weighted by Crippen LogP contribution is 2.29. The number of carbonyl (C=O) groups excluding carboxylic acids is 1. The second-order valence-electron chi connectivity index (χ2n) is 5.48. The Hall–Kier alpha value is -1.55. The molecule has 1 aromatic carbocycles. The lowest BCUT2D eigenvalue weighted by atomic mass is 10.0. The van der Waals surface area contributed by atoms with E-state index in [1.54, 1.807) is 19.1 Å². The highest BCUT2D eigenvalue weighted by atomic mass is 16.5. The third kappa shape index (κ3) is 4.24. The van der Waals surface area contributed by atoms with E-state index in [1.807, 2.05) is 32.0 Å². The minimum atomic E-state index is -0.513. The van der Waals surface area contributed by atoms with Crippen LogP contribution in [0.2, 0.25) is 0 Å². The van der Waals surface area contributed by atoms with Crippen molar-refractivity contribution in [2.45, 2.75) is 39.2 Å². The third-order valence-electron chi connectivity index (χ3n) is 2.99. The van der Waals surface area contributed by atoms with Crippen LogP contribution in [0.15, 0.2) is 18.2 Å². The van der Waals surface area contributed by atoms with Gasteiger partial charge in [-0.05, 0) is 38.0 Å². The minimum Gasteiger partial charge on any atom is -0.495 e. The van der Waals surface area contributed by atoms with Gasteiger partial charge in [0.05, 0.1) is 12.8 Å². The van der Waals surface area contributed by atoms with Gasteiger partial charge in [0.2, 0.25) is 5.91 Å². The number of rotatable bonds is 5. The van der Waals surface area contributed by atoms with Gasteiger partial charge in [0.15, 0.2) is 0 Å². The number of benzene rings is 1. The first-order chi connectivity index (χ1) is 8.78. The van der Waals surface area contributed by atoms with E-state index in [0.29, 0.717) is 12.2 Å². The first kappa shape index (κ1) is 15.5. The van der Waals surface area contributed by atoms with Gasteiger partial charge in [0.1, 0.15) is 5.75 Å². The molecule has 0 heterocycles. The van der Waals surface area contributed by atoms with Gasteiger partial charge in [-0.3, -0.25) is 4.79 Å². The van der Waals surface area contributed by atoms with Gasteiger partial charge in [0.25, 0.3) is 0 Å². The smallest absolute Gasteiger partial charge is 0.228 e. The van der Waals surface area contributed by atoms with Crippen LogP contribution in [-0.4, -0.2) is 25.6 Å². The van der Waals surface area contributed by atoms with Gasteiger partial charge >= 0.3 is 0 Å². The Kier molecular flexibility index (Phi) is 4.95. The summed E-state index contributed by atoms with van der Waals surface area (Å²) in [6.45, 7) is 5.77. The molecular weight excluding hydrogens is 240 g/mol. The summed E-state index contributed by atoms with van der Waals surface area (Å²) in [6, 6.07) is 5.89. The maximum atomic E-state index is 12.2. The molecule has 0 saturated carbocycles. The molecule has 0 atom stereocenters. The summed E-state index contributed by atoms with van der Waals surface area (Å²) in [5.74, 6) is 0.682. The number of nitrogens with two attached hydrogens (primary N) is 1. The summed E-state index contributed by atoms with van der Waals surface area (Å²) in [5.41, 5.74) is 7.34. The number of hydrogen-bond donors (Lipinski definition) is 1. The second-order valence-corrected chi connectivity index (χ2v) is 5.48. The van der Waals surface area contributed by atoms with E-state index in [4.69, 9.17) is 10.5 Å². The number of nitrogens with zero attached hydrogens (tertiary/aromatic N) is 1. The Labute approximate surface area is 115 Å². The summed E-state index contributed by atoms with van der Waals surface area (Å²) in [5, 5.41) is 0. The van der Waals surface area contributed by atoms with Crippen LogP contribution in [0.1, 0.15) is 32.8 Å². The number of amides is 1. The summed E-state index contributed by atoms with van der Waals surface area (Å²) in [7, 11) is 3.36. The highest BCUT2D eigenvalue weighted by Gasteiger charge is 2.22. The maximum absolute atomic E-state index is 12.2. The van der Waals surface area contributed by atoms with Gasteiger partial charge in [-0.25, -0.2) is 0 Å². The number of anilines is 1. The Morgan fingerprint density at radius 3 is 2.53 bits per heavy atom. The molecule has 19 heavy (non-hydrogen) atoms. The molecule has 1 amide bonds. The average molecular weight is 264 g/mol. The van der Waals surface area contributed by atoms with Crippen molar-refractivity contribution in [2.75, 3.05) is 19.1 Å². The molecule has 1 rings (SSSR count). The lowest BCUT2D eigenvalue weighted by Crippen LogP contribution is -2.40. The number of carbonyl (C=O) groups is 1. The fourth-order valence-electron chi connectivity index (χ4n) is 1.86. The van der Waals surface area contributed by atoms with Crippen molar-refractivity contribution in [3.63, 3.8) is 0 Å². The molecule has 0 bridgehead atoms. The van der Waals surface area contributed by atoms with Gasteiger partial charge in [-0.1, -0.05) is 13.0 Å². The SMILES string of the molecule is CCc1ccc(OC)c(N(C)C(=O)CC(C)(C)N)c1. The first-order valence-corrected chi connectivity index (χ1v) is 6.51. The Morgan fingerprint density at radius 1 is 1.42 bits per heavy atom. The first-order valence-electron chi connectivity index (χ1n) is 6.51. The monoisotopic (exact) mass is 264 g/mol. The lowest BCUT2D eigenvalue weighted by Gasteiger charge is -2.25. The molecule has 0 saturated heterocycles. The van der Waals surface area contributed by atoms with Gasteiger partial charge < -0.3 is 15.4 Å². The van der Waals surface area contributed by atoms with E-state index in [2.05, 4.69) is 6.92 Å². The number of methoxy groups -OCH3 is 1. The zero-order chi connectivity index (χ0) is 14.6. The van der Waals surface area contributed by atoms with Crippen molar-refractivity contribution in [1.29, 1.82) is 0 Å². The fraction of sp³-hybridized carbons (Fsp3) is 0.533. The number of aryl methyl sites for hydroxylation is 1. The van der Waals surface area contributed by atoms with E-state index in [9.17, 15) is 4.79 Å². The standard InChI is InChI=1S/C15H24N2O2/c1-6-11-7-8-13(19-5)12(9-11)17(4)14(18)10-15(2,3)16/h7-9H,6,10,16H2,1-5H3. The average Bonchev–Trinajstić information content (AvgIpc) is 2.35.